The number of rotatable bonds is 5. The highest BCUT2D eigenvalue weighted by Crippen LogP contribution is 2.17. The van der Waals surface area contributed by atoms with Crippen molar-refractivity contribution in [3.8, 4) is 0 Å². The molecular formula is C9H11N3O4S. The van der Waals surface area contributed by atoms with E-state index in [1.807, 2.05) is 0 Å². The monoisotopic (exact) mass is 257 g/mol. The highest BCUT2D eigenvalue weighted by molar-refractivity contribution is 7.13. The Hall–Kier alpha value is -1.96. The zero-order chi connectivity index (χ0) is 12.8. The van der Waals surface area contributed by atoms with Gasteiger partial charge in [0, 0.05) is 0 Å². The average Bonchev–Trinajstić information content (AvgIpc) is 2.75. The first-order valence-electron chi connectivity index (χ1n) is 4.65. The highest BCUT2D eigenvalue weighted by Gasteiger charge is 2.17. The lowest BCUT2D eigenvalue weighted by Crippen LogP contribution is -2.27. The van der Waals surface area contributed by atoms with E-state index >= 15 is 0 Å². The van der Waals surface area contributed by atoms with Crippen molar-refractivity contribution >= 4 is 23.4 Å². The predicted molar refractivity (Wildman–Crippen MR) is 60.0 cm³/mol. The van der Waals surface area contributed by atoms with Crippen molar-refractivity contribution in [1.82, 2.24) is 15.5 Å². The Morgan fingerprint density at radius 2 is 2.35 bits per heavy atom. The Labute approximate surface area is 101 Å². The summed E-state index contributed by atoms with van der Waals surface area (Å²) in [6.07, 6.45) is 0.821. The quantitative estimate of drug-likeness (QED) is 0.769. The van der Waals surface area contributed by atoms with Crippen LogP contribution in [0.4, 0.5) is 4.79 Å². The van der Waals surface area contributed by atoms with Crippen LogP contribution in [0, 0.1) is 0 Å². The number of ether oxygens (including phenoxy) is 1. The maximum absolute atomic E-state index is 11.2. The summed E-state index contributed by atoms with van der Waals surface area (Å²) in [5.41, 5.74) is 0. The summed E-state index contributed by atoms with van der Waals surface area (Å²) in [6, 6.07) is -0.460. The van der Waals surface area contributed by atoms with E-state index in [0.29, 0.717) is 5.01 Å². The molecule has 17 heavy (non-hydrogen) atoms. The molecule has 0 saturated heterocycles. The maximum Gasteiger partial charge on any atom is 0.408 e. The summed E-state index contributed by atoms with van der Waals surface area (Å²) in [7, 11) is 0. The molecule has 7 nitrogen and oxygen atoms in total. The number of carboxylic acid groups (broad SMARTS) is 1. The third kappa shape index (κ3) is 3.83. The van der Waals surface area contributed by atoms with Crippen molar-refractivity contribution in [3.05, 3.63) is 22.7 Å². The van der Waals surface area contributed by atoms with Crippen LogP contribution in [0.5, 0.6) is 0 Å². The van der Waals surface area contributed by atoms with E-state index in [1.54, 1.807) is 6.92 Å². The van der Waals surface area contributed by atoms with Crippen LogP contribution >= 0.6 is 11.3 Å². The number of nitrogens with zero attached hydrogens (tertiary/aromatic N) is 2. The van der Waals surface area contributed by atoms with Gasteiger partial charge in [-0.2, -0.15) is 0 Å². The molecule has 1 atom stereocenters. The van der Waals surface area contributed by atoms with Gasteiger partial charge in [-0.3, -0.25) is 0 Å². The summed E-state index contributed by atoms with van der Waals surface area (Å²) in [4.78, 5) is 21.8. The molecule has 0 aliphatic rings. The molecule has 1 aromatic heterocycles. The van der Waals surface area contributed by atoms with Crippen molar-refractivity contribution < 1.29 is 19.4 Å². The summed E-state index contributed by atoms with van der Waals surface area (Å²) in [6.45, 7) is 5.16. The molecule has 0 aliphatic carbocycles. The molecule has 1 aromatic rings. The smallest absolute Gasteiger partial charge is 0.408 e. The number of aromatic carboxylic acids is 1. The first kappa shape index (κ1) is 13.1. The largest absolute Gasteiger partial charge is 0.476 e. The van der Waals surface area contributed by atoms with E-state index < -0.39 is 18.1 Å². The fourth-order valence-electron chi connectivity index (χ4n) is 0.911. The second-order valence-electron chi connectivity index (χ2n) is 3.00. The van der Waals surface area contributed by atoms with Crippen LogP contribution in [0.3, 0.4) is 0 Å². The molecule has 0 aliphatic heterocycles. The highest BCUT2D eigenvalue weighted by atomic mass is 32.1. The van der Waals surface area contributed by atoms with Gasteiger partial charge in [0.2, 0.25) is 5.01 Å². The van der Waals surface area contributed by atoms with Gasteiger partial charge in [-0.1, -0.05) is 24.0 Å². The second-order valence-corrected chi connectivity index (χ2v) is 4.01. The zero-order valence-electron chi connectivity index (χ0n) is 9.04. The van der Waals surface area contributed by atoms with Crippen LogP contribution in [-0.2, 0) is 4.74 Å². The van der Waals surface area contributed by atoms with Gasteiger partial charge < -0.3 is 15.2 Å². The summed E-state index contributed by atoms with van der Waals surface area (Å²) in [5.74, 6) is -1.14. The minimum absolute atomic E-state index is 0.106. The second kappa shape index (κ2) is 5.94. The van der Waals surface area contributed by atoms with Gasteiger partial charge in [0.15, 0.2) is 0 Å². The van der Waals surface area contributed by atoms with Crippen molar-refractivity contribution in [2.24, 2.45) is 0 Å². The predicted octanol–water partition coefficient (Wildman–Crippen LogP) is 1.21. The van der Waals surface area contributed by atoms with Gasteiger partial charge >= 0.3 is 12.1 Å². The van der Waals surface area contributed by atoms with Crippen LogP contribution in [0.25, 0.3) is 0 Å². The Morgan fingerprint density at radius 3 is 2.88 bits per heavy atom. The fraction of sp³-hybridized carbons (Fsp3) is 0.333. The van der Waals surface area contributed by atoms with E-state index in [0.717, 1.165) is 11.3 Å². The number of alkyl carbamates (subject to hydrolysis) is 1. The summed E-state index contributed by atoms with van der Waals surface area (Å²) >= 11 is 0.903. The van der Waals surface area contributed by atoms with E-state index in [4.69, 9.17) is 9.84 Å². The van der Waals surface area contributed by atoms with Crippen molar-refractivity contribution in [2.75, 3.05) is 6.61 Å². The third-order valence-electron chi connectivity index (χ3n) is 1.66. The molecule has 1 amide bonds. The lowest BCUT2D eigenvalue weighted by atomic mass is 10.4. The Kier molecular flexibility index (Phi) is 4.58. The number of carbonyl (C=O) groups excluding carboxylic acids is 1. The first-order chi connectivity index (χ1) is 8.04. The molecule has 1 unspecified atom stereocenters. The number of aromatic nitrogens is 2. The summed E-state index contributed by atoms with van der Waals surface area (Å²) < 4.78 is 4.71. The van der Waals surface area contributed by atoms with Gasteiger partial charge in [0.1, 0.15) is 11.6 Å². The van der Waals surface area contributed by atoms with Crippen LogP contribution in [0.1, 0.15) is 27.8 Å². The molecule has 92 valence electrons. The molecular weight excluding hydrogens is 246 g/mol. The third-order valence-corrected chi connectivity index (χ3v) is 2.75. The molecule has 0 bridgehead atoms. The molecule has 0 saturated carbocycles. The Bertz CT molecular complexity index is 432. The standard InChI is InChI=1S/C9H11N3O4S/c1-3-4-16-9(15)10-5(2)6-11-12-7(17-6)8(13)14/h3,5H,1,4H2,2H3,(H,10,15)(H,13,14). The lowest BCUT2D eigenvalue weighted by molar-refractivity contribution is 0.0695. The van der Waals surface area contributed by atoms with E-state index in [9.17, 15) is 9.59 Å². The van der Waals surface area contributed by atoms with Crippen LogP contribution < -0.4 is 5.32 Å². The first-order valence-corrected chi connectivity index (χ1v) is 5.47. The van der Waals surface area contributed by atoms with Gasteiger partial charge in [-0.25, -0.2) is 9.59 Å². The van der Waals surface area contributed by atoms with Gasteiger partial charge in [-0.15, -0.1) is 10.2 Å². The minimum Gasteiger partial charge on any atom is -0.476 e. The zero-order valence-corrected chi connectivity index (χ0v) is 9.86. The number of carboxylic acids is 1. The number of nitrogens with one attached hydrogen (secondary N) is 1. The number of hydrogen-bond donors (Lipinski definition) is 2. The molecule has 1 rings (SSSR count). The molecule has 0 aromatic carbocycles. The van der Waals surface area contributed by atoms with Crippen LogP contribution in [-0.4, -0.2) is 34.0 Å². The van der Waals surface area contributed by atoms with Gasteiger partial charge in [-0.05, 0) is 6.92 Å². The molecule has 1 heterocycles. The SMILES string of the molecule is C=CCOC(=O)NC(C)c1nnc(C(=O)O)s1. The average molecular weight is 257 g/mol. The van der Waals surface area contributed by atoms with Gasteiger partial charge in [0.25, 0.3) is 0 Å². The normalized spacial score (nSPS) is 11.6. The maximum atomic E-state index is 11.2. The number of carbonyl (C=O) groups is 2. The Morgan fingerprint density at radius 1 is 1.65 bits per heavy atom. The lowest BCUT2D eigenvalue weighted by Gasteiger charge is -2.09. The van der Waals surface area contributed by atoms with E-state index in [-0.39, 0.29) is 11.6 Å². The Balaban J connectivity index is 2.56. The molecule has 0 radical (unpaired) electrons. The fourth-order valence-corrected chi connectivity index (χ4v) is 1.60. The molecule has 0 fully saturated rings. The summed E-state index contributed by atoms with van der Waals surface area (Å²) in [5, 5.41) is 18.6. The molecule has 2 N–H and O–H groups in total. The van der Waals surface area contributed by atoms with E-state index in [1.165, 1.54) is 6.08 Å². The van der Waals surface area contributed by atoms with Gasteiger partial charge in [0.05, 0.1) is 6.04 Å². The van der Waals surface area contributed by atoms with E-state index in [2.05, 4.69) is 22.1 Å². The molecule has 8 heteroatoms. The number of amides is 1. The van der Waals surface area contributed by atoms with Crippen molar-refractivity contribution in [3.63, 3.8) is 0 Å². The van der Waals surface area contributed by atoms with Crippen LogP contribution in [0.2, 0.25) is 0 Å². The van der Waals surface area contributed by atoms with Crippen molar-refractivity contribution in [2.45, 2.75) is 13.0 Å². The topological polar surface area (TPSA) is 101 Å². The van der Waals surface area contributed by atoms with Crippen molar-refractivity contribution in [1.29, 1.82) is 0 Å². The van der Waals surface area contributed by atoms with Crippen LogP contribution in [0.15, 0.2) is 12.7 Å². The minimum atomic E-state index is -1.14. The molecule has 0 spiro atoms. The number of hydrogen-bond acceptors (Lipinski definition) is 6.